The van der Waals surface area contributed by atoms with Crippen LogP contribution in [-0.4, -0.2) is 46.7 Å². The van der Waals surface area contributed by atoms with Crippen LogP contribution in [0.1, 0.15) is 26.2 Å². The summed E-state index contributed by atoms with van der Waals surface area (Å²) >= 11 is 0. The lowest BCUT2D eigenvalue weighted by Crippen LogP contribution is -2.50. The van der Waals surface area contributed by atoms with E-state index in [0.29, 0.717) is 6.04 Å². The first-order chi connectivity index (χ1) is 8.38. The first-order valence-electron chi connectivity index (χ1n) is 6.80. The van der Waals surface area contributed by atoms with E-state index in [1.54, 1.807) is 0 Å². The molecule has 1 N–H and O–H groups in total. The quantitative estimate of drug-likeness (QED) is 0.809. The van der Waals surface area contributed by atoms with E-state index in [9.17, 15) is 0 Å². The Morgan fingerprint density at radius 2 is 2.35 bits per heavy atom. The van der Waals surface area contributed by atoms with Crippen molar-refractivity contribution in [2.24, 2.45) is 0 Å². The topological polar surface area (TPSA) is 33.1 Å². The summed E-state index contributed by atoms with van der Waals surface area (Å²) in [5.74, 6) is 0. The van der Waals surface area contributed by atoms with Crippen LogP contribution >= 0.6 is 0 Å². The van der Waals surface area contributed by atoms with Gasteiger partial charge in [-0.1, -0.05) is 13.3 Å². The number of aryl methyl sites for hydroxylation is 1. The normalized spacial score (nSPS) is 21.8. The fourth-order valence-electron chi connectivity index (χ4n) is 2.54. The maximum Gasteiger partial charge on any atom is 0.0945 e. The van der Waals surface area contributed by atoms with Gasteiger partial charge in [0.25, 0.3) is 0 Å². The molecule has 0 aliphatic carbocycles. The molecule has 1 unspecified atom stereocenters. The predicted octanol–water partition coefficient (Wildman–Crippen LogP) is 1.35. The van der Waals surface area contributed by atoms with E-state index in [2.05, 4.69) is 26.7 Å². The molecular weight excluding hydrogens is 212 g/mol. The van der Waals surface area contributed by atoms with Crippen LogP contribution in [0, 0.1) is 0 Å². The smallest absolute Gasteiger partial charge is 0.0945 e. The fraction of sp³-hybridized carbons (Fsp3) is 0.769. The Hall–Kier alpha value is -0.870. The second kappa shape index (κ2) is 6.77. The van der Waals surface area contributed by atoms with Gasteiger partial charge in [-0.3, -0.25) is 0 Å². The molecule has 1 aromatic heterocycles. The summed E-state index contributed by atoms with van der Waals surface area (Å²) in [4.78, 5) is 6.65. The van der Waals surface area contributed by atoms with Crippen LogP contribution in [0.2, 0.25) is 0 Å². The summed E-state index contributed by atoms with van der Waals surface area (Å²) in [6, 6.07) is 0.710. The van der Waals surface area contributed by atoms with E-state index < -0.39 is 0 Å². The van der Waals surface area contributed by atoms with Crippen LogP contribution in [-0.2, 0) is 6.54 Å². The van der Waals surface area contributed by atoms with Crippen molar-refractivity contribution >= 4 is 0 Å². The Morgan fingerprint density at radius 3 is 3.12 bits per heavy atom. The third-order valence-corrected chi connectivity index (χ3v) is 3.43. The molecule has 1 fully saturated rings. The standard InChI is InChI=1S/C13H24N4/c1-2-4-13-11-16(10-6-15-13)7-3-8-17-9-5-14-12-17/h5,9,12-13,15H,2-4,6-8,10-11H2,1H3. The van der Waals surface area contributed by atoms with Crippen molar-refractivity contribution < 1.29 is 0 Å². The summed E-state index contributed by atoms with van der Waals surface area (Å²) in [6.07, 6.45) is 9.59. The van der Waals surface area contributed by atoms with Crippen molar-refractivity contribution in [3.63, 3.8) is 0 Å². The number of nitrogens with zero attached hydrogens (tertiary/aromatic N) is 3. The van der Waals surface area contributed by atoms with Gasteiger partial charge in [0.05, 0.1) is 6.33 Å². The van der Waals surface area contributed by atoms with Crippen molar-refractivity contribution in [3.8, 4) is 0 Å². The SMILES string of the molecule is CCCC1CN(CCCn2ccnc2)CCN1. The minimum Gasteiger partial charge on any atom is -0.337 e. The molecule has 1 aliphatic rings. The molecule has 0 bridgehead atoms. The van der Waals surface area contributed by atoms with Crippen LogP contribution in [0.5, 0.6) is 0 Å². The Bertz CT molecular complexity index is 294. The van der Waals surface area contributed by atoms with Crippen LogP contribution in [0.3, 0.4) is 0 Å². The molecule has 4 heteroatoms. The first kappa shape index (κ1) is 12.6. The zero-order chi connectivity index (χ0) is 11.9. The molecule has 0 amide bonds. The van der Waals surface area contributed by atoms with Gasteiger partial charge in [-0.25, -0.2) is 4.98 Å². The number of nitrogens with one attached hydrogen (secondary N) is 1. The Morgan fingerprint density at radius 1 is 1.41 bits per heavy atom. The van der Waals surface area contributed by atoms with Crippen molar-refractivity contribution in [3.05, 3.63) is 18.7 Å². The van der Waals surface area contributed by atoms with Crippen molar-refractivity contribution in [2.45, 2.75) is 38.8 Å². The zero-order valence-electron chi connectivity index (χ0n) is 10.8. The number of imidazole rings is 1. The van der Waals surface area contributed by atoms with Gasteiger partial charge < -0.3 is 14.8 Å². The Balaban J connectivity index is 1.65. The number of hydrogen-bond acceptors (Lipinski definition) is 3. The average molecular weight is 236 g/mol. The maximum absolute atomic E-state index is 4.06. The Labute approximate surface area is 104 Å². The molecule has 1 aromatic rings. The molecule has 0 saturated carbocycles. The summed E-state index contributed by atoms with van der Waals surface area (Å²) < 4.78 is 2.16. The molecule has 2 heterocycles. The van der Waals surface area contributed by atoms with E-state index in [1.165, 1.54) is 38.9 Å². The zero-order valence-corrected chi connectivity index (χ0v) is 10.8. The van der Waals surface area contributed by atoms with Gasteiger partial charge in [0.1, 0.15) is 0 Å². The Kier molecular flexibility index (Phi) is 5.01. The second-order valence-corrected chi connectivity index (χ2v) is 4.89. The monoisotopic (exact) mass is 236 g/mol. The summed E-state index contributed by atoms with van der Waals surface area (Å²) in [5.41, 5.74) is 0. The molecule has 0 radical (unpaired) electrons. The third kappa shape index (κ3) is 4.13. The molecule has 1 saturated heterocycles. The predicted molar refractivity (Wildman–Crippen MR) is 70.0 cm³/mol. The maximum atomic E-state index is 4.06. The van der Waals surface area contributed by atoms with Gasteiger partial charge in [0, 0.05) is 44.6 Å². The van der Waals surface area contributed by atoms with E-state index >= 15 is 0 Å². The lowest BCUT2D eigenvalue weighted by Gasteiger charge is -2.33. The lowest BCUT2D eigenvalue weighted by molar-refractivity contribution is 0.189. The third-order valence-electron chi connectivity index (χ3n) is 3.43. The van der Waals surface area contributed by atoms with Gasteiger partial charge in [0.15, 0.2) is 0 Å². The van der Waals surface area contributed by atoms with E-state index in [4.69, 9.17) is 0 Å². The molecule has 96 valence electrons. The number of hydrogen-bond donors (Lipinski definition) is 1. The highest BCUT2D eigenvalue weighted by molar-refractivity contribution is 4.79. The van der Waals surface area contributed by atoms with Gasteiger partial charge in [-0.2, -0.15) is 0 Å². The minimum absolute atomic E-state index is 0.710. The van der Waals surface area contributed by atoms with Gasteiger partial charge in [-0.05, 0) is 19.4 Å². The van der Waals surface area contributed by atoms with Gasteiger partial charge in [-0.15, -0.1) is 0 Å². The highest BCUT2D eigenvalue weighted by Gasteiger charge is 2.17. The van der Waals surface area contributed by atoms with Gasteiger partial charge in [0.2, 0.25) is 0 Å². The van der Waals surface area contributed by atoms with Crippen molar-refractivity contribution in [1.29, 1.82) is 0 Å². The minimum atomic E-state index is 0.710. The van der Waals surface area contributed by atoms with Crippen LogP contribution < -0.4 is 5.32 Å². The molecule has 0 spiro atoms. The van der Waals surface area contributed by atoms with E-state index in [-0.39, 0.29) is 0 Å². The molecule has 1 aliphatic heterocycles. The van der Waals surface area contributed by atoms with E-state index in [0.717, 1.165) is 13.1 Å². The van der Waals surface area contributed by atoms with Crippen molar-refractivity contribution in [2.75, 3.05) is 26.2 Å². The average Bonchev–Trinajstić information content (AvgIpc) is 2.83. The lowest BCUT2D eigenvalue weighted by atomic mass is 10.1. The highest BCUT2D eigenvalue weighted by atomic mass is 15.2. The molecule has 0 aromatic carbocycles. The van der Waals surface area contributed by atoms with Crippen LogP contribution in [0.4, 0.5) is 0 Å². The second-order valence-electron chi connectivity index (χ2n) is 4.89. The molecule has 4 nitrogen and oxygen atoms in total. The highest BCUT2D eigenvalue weighted by Crippen LogP contribution is 2.06. The van der Waals surface area contributed by atoms with Crippen molar-refractivity contribution in [1.82, 2.24) is 19.8 Å². The summed E-state index contributed by atoms with van der Waals surface area (Å²) in [7, 11) is 0. The molecular formula is C13H24N4. The van der Waals surface area contributed by atoms with Crippen LogP contribution in [0.15, 0.2) is 18.7 Å². The fourth-order valence-corrected chi connectivity index (χ4v) is 2.54. The van der Waals surface area contributed by atoms with Crippen LogP contribution in [0.25, 0.3) is 0 Å². The first-order valence-corrected chi connectivity index (χ1v) is 6.80. The summed E-state index contributed by atoms with van der Waals surface area (Å²) in [6.45, 7) is 8.12. The molecule has 2 rings (SSSR count). The largest absolute Gasteiger partial charge is 0.337 e. The van der Waals surface area contributed by atoms with E-state index in [1.807, 2.05) is 18.7 Å². The molecule has 1 atom stereocenters. The van der Waals surface area contributed by atoms with Gasteiger partial charge >= 0.3 is 0 Å². The number of aromatic nitrogens is 2. The molecule has 17 heavy (non-hydrogen) atoms. The summed E-state index contributed by atoms with van der Waals surface area (Å²) in [5, 5.41) is 3.60. The number of piperazine rings is 1. The number of rotatable bonds is 6.